The first kappa shape index (κ1) is 44.9. The first-order valence-electron chi connectivity index (χ1n) is 26.3. The Hall–Kier alpha value is -9.76. The summed E-state index contributed by atoms with van der Waals surface area (Å²) in [5.41, 5.74) is 22.6. The Morgan fingerprint density at radius 3 is 1.28 bits per heavy atom. The second kappa shape index (κ2) is 18.6. The number of rotatable bonds is 10. The number of nitrogens with zero attached hydrogens (tertiary/aromatic N) is 2. The van der Waals surface area contributed by atoms with Crippen LogP contribution < -0.4 is 9.80 Å². The third kappa shape index (κ3) is 7.10. The molecule has 2 heteroatoms. The molecule has 12 aromatic carbocycles. The molecule has 0 spiro atoms. The molecule has 358 valence electrons. The summed E-state index contributed by atoms with van der Waals surface area (Å²) >= 11 is 0. The van der Waals surface area contributed by atoms with E-state index in [2.05, 4.69) is 325 Å². The third-order valence-electron chi connectivity index (χ3n) is 16.0. The normalized spacial score (nSPS) is 13.4. The SMILES string of the molecule is c1ccc(-c2ccc(N(c3cccc(-c4ccc5c(c4)N(c4ccccc4)c4ccccc4C5(c4ccccc4)c4ccccc4)c3)c3ccc4c(c3)C(c3ccccc3)(c3ccccc3)c3ccccc3-4)cc2)cc1. The fourth-order valence-corrected chi connectivity index (χ4v) is 12.8. The van der Waals surface area contributed by atoms with Gasteiger partial charge in [0, 0.05) is 22.7 Å². The molecule has 0 N–H and O–H groups in total. The molecule has 1 aliphatic heterocycles. The fourth-order valence-electron chi connectivity index (χ4n) is 12.8. The van der Waals surface area contributed by atoms with Crippen molar-refractivity contribution in [1.82, 2.24) is 0 Å². The predicted molar refractivity (Wildman–Crippen MR) is 316 cm³/mol. The monoisotopic (exact) mass is 968 g/mol. The van der Waals surface area contributed by atoms with E-state index in [0.29, 0.717) is 0 Å². The summed E-state index contributed by atoms with van der Waals surface area (Å²) < 4.78 is 0. The molecule has 1 aliphatic carbocycles. The lowest BCUT2D eigenvalue weighted by Gasteiger charge is -2.46. The molecule has 0 fully saturated rings. The van der Waals surface area contributed by atoms with Crippen LogP contribution in [-0.4, -0.2) is 0 Å². The van der Waals surface area contributed by atoms with Crippen molar-refractivity contribution in [2.75, 3.05) is 9.80 Å². The molecule has 0 aromatic heterocycles. The zero-order chi connectivity index (χ0) is 50.5. The second-order valence-electron chi connectivity index (χ2n) is 20.0. The minimum atomic E-state index is -0.592. The van der Waals surface area contributed by atoms with E-state index in [1.165, 1.54) is 66.8 Å². The van der Waals surface area contributed by atoms with Crippen molar-refractivity contribution in [3.8, 4) is 33.4 Å². The van der Waals surface area contributed by atoms with Crippen molar-refractivity contribution < 1.29 is 0 Å². The van der Waals surface area contributed by atoms with Crippen LogP contribution in [0.25, 0.3) is 33.4 Å². The van der Waals surface area contributed by atoms with Crippen LogP contribution in [0, 0.1) is 0 Å². The molecule has 0 bridgehead atoms. The van der Waals surface area contributed by atoms with Gasteiger partial charge < -0.3 is 9.80 Å². The van der Waals surface area contributed by atoms with E-state index in [0.717, 1.165) is 45.3 Å². The standard InChI is InChI=1S/C74H52N2/c1-7-24-53(25-8-1)54-42-45-62(46-43-54)75(64-47-48-66-65-38-19-20-39-67(65)73(70(66)52-64,57-27-9-2-10-28-57)58-29-11-3-12-30-58)63-37-23-26-55(50-63)56-44-49-69-72(51-56)76(61-35-17-6-18-36-61)71-41-22-21-40-68(71)74(69,59-31-13-4-14-32-59)60-33-15-5-16-34-60/h1-52H. The molecule has 0 unspecified atom stereocenters. The van der Waals surface area contributed by atoms with E-state index in [1.54, 1.807) is 0 Å². The highest BCUT2D eigenvalue weighted by Gasteiger charge is 2.48. The zero-order valence-corrected chi connectivity index (χ0v) is 41.9. The Bertz CT molecular complexity index is 3950. The number of fused-ring (bicyclic) bond motifs is 5. The molecule has 76 heavy (non-hydrogen) atoms. The molecule has 0 saturated heterocycles. The van der Waals surface area contributed by atoms with Crippen LogP contribution in [-0.2, 0) is 10.8 Å². The summed E-state index contributed by atoms with van der Waals surface area (Å²) in [6.07, 6.45) is 0. The van der Waals surface area contributed by atoms with Crippen LogP contribution in [0.2, 0.25) is 0 Å². The summed E-state index contributed by atoms with van der Waals surface area (Å²) in [5.74, 6) is 0. The Morgan fingerprint density at radius 1 is 0.237 bits per heavy atom. The maximum Gasteiger partial charge on any atom is 0.0742 e. The van der Waals surface area contributed by atoms with Crippen LogP contribution in [0.1, 0.15) is 44.5 Å². The molecule has 0 saturated carbocycles. The average Bonchev–Trinajstić information content (AvgIpc) is 4.00. The molecule has 0 radical (unpaired) electrons. The molecule has 2 nitrogen and oxygen atoms in total. The number of hydrogen-bond acceptors (Lipinski definition) is 2. The van der Waals surface area contributed by atoms with Gasteiger partial charge >= 0.3 is 0 Å². The minimum Gasteiger partial charge on any atom is -0.310 e. The number of benzene rings is 12. The van der Waals surface area contributed by atoms with Gasteiger partial charge in [-0.2, -0.15) is 0 Å². The largest absolute Gasteiger partial charge is 0.310 e. The molecule has 0 atom stereocenters. The third-order valence-corrected chi connectivity index (χ3v) is 16.0. The summed E-state index contributed by atoms with van der Waals surface area (Å²) in [6.45, 7) is 0. The smallest absolute Gasteiger partial charge is 0.0742 e. The van der Waals surface area contributed by atoms with Gasteiger partial charge in [-0.1, -0.05) is 255 Å². The summed E-state index contributed by atoms with van der Waals surface area (Å²) in [7, 11) is 0. The Balaban J connectivity index is 0.978. The van der Waals surface area contributed by atoms with Crippen molar-refractivity contribution in [2.24, 2.45) is 0 Å². The molecular weight excluding hydrogens is 917 g/mol. The Kier molecular flexibility index (Phi) is 11.0. The van der Waals surface area contributed by atoms with E-state index in [9.17, 15) is 0 Å². The molecule has 14 rings (SSSR count). The van der Waals surface area contributed by atoms with E-state index >= 15 is 0 Å². The van der Waals surface area contributed by atoms with Crippen molar-refractivity contribution in [2.45, 2.75) is 10.8 Å². The maximum atomic E-state index is 2.47. The molecule has 0 amide bonds. The van der Waals surface area contributed by atoms with Crippen LogP contribution in [0.5, 0.6) is 0 Å². The number of anilines is 6. The predicted octanol–water partition coefficient (Wildman–Crippen LogP) is 19.0. The van der Waals surface area contributed by atoms with Gasteiger partial charge in [-0.3, -0.25) is 0 Å². The van der Waals surface area contributed by atoms with Gasteiger partial charge in [-0.15, -0.1) is 0 Å². The average molecular weight is 969 g/mol. The van der Waals surface area contributed by atoms with Gasteiger partial charge in [0.15, 0.2) is 0 Å². The fraction of sp³-hybridized carbons (Fsp3) is 0.0270. The Labute approximate surface area is 445 Å². The number of para-hydroxylation sites is 2. The number of hydrogen-bond donors (Lipinski definition) is 0. The van der Waals surface area contributed by atoms with Crippen LogP contribution in [0.3, 0.4) is 0 Å². The van der Waals surface area contributed by atoms with Crippen molar-refractivity contribution in [3.05, 3.63) is 360 Å². The first-order valence-corrected chi connectivity index (χ1v) is 26.3. The molecule has 2 aliphatic rings. The lowest BCUT2D eigenvalue weighted by molar-refractivity contribution is 0.731. The van der Waals surface area contributed by atoms with Gasteiger partial charge in [0.1, 0.15) is 0 Å². The zero-order valence-electron chi connectivity index (χ0n) is 41.9. The van der Waals surface area contributed by atoms with Gasteiger partial charge in [0.25, 0.3) is 0 Å². The van der Waals surface area contributed by atoms with Crippen LogP contribution in [0.15, 0.2) is 315 Å². The van der Waals surface area contributed by atoms with Gasteiger partial charge in [-0.25, -0.2) is 0 Å². The van der Waals surface area contributed by atoms with Gasteiger partial charge in [0.05, 0.1) is 22.2 Å². The van der Waals surface area contributed by atoms with E-state index in [-0.39, 0.29) is 0 Å². The first-order chi connectivity index (χ1) is 37.7. The van der Waals surface area contributed by atoms with Crippen molar-refractivity contribution in [1.29, 1.82) is 0 Å². The van der Waals surface area contributed by atoms with Crippen molar-refractivity contribution >= 4 is 34.1 Å². The van der Waals surface area contributed by atoms with Crippen LogP contribution >= 0.6 is 0 Å². The molecular formula is C74H52N2. The summed E-state index contributed by atoms with van der Waals surface area (Å²) in [5, 5.41) is 0. The lowest BCUT2D eigenvalue weighted by Crippen LogP contribution is -2.37. The van der Waals surface area contributed by atoms with E-state index in [1.807, 2.05) is 0 Å². The van der Waals surface area contributed by atoms with Gasteiger partial charge in [0.2, 0.25) is 0 Å². The highest BCUT2D eigenvalue weighted by molar-refractivity contribution is 5.93. The van der Waals surface area contributed by atoms with Crippen LogP contribution in [0.4, 0.5) is 34.1 Å². The lowest BCUT2D eigenvalue weighted by atomic mass is 9.62. The summed E-state index contributed by atoms with van der Waals surface area (Å²) in [4.78, 5) is 4.92. The van der Waals surface area contributed by atoms with Crippen molar-refractivity contribution in [3.63, 3.8) is 0 Å². The molecule has 12 aromatic rings. The quantitative estimate of drug-likeness (QED) is 0.135. The maximum absolute atomic E-state index is 2.47. The second-order valence-corrected chi connectivity index (χ2v) is 20.0. The highest BCUT2D eigenvalue weighted by Crippen LogP contribution is 2.60. The minimum absolute atomic E-state index is 0.545. The van der Waals surface area contributed by atoms with E-state index < -0.39 is 10.8 Å². The summed E-state index contributed by atoms with van der Waals surface area (Å²) in [6, 6.07) is 116. The van der Waals surface area contributed by atoms with Gasteiger partial charge in [-0.05, 0) is 139 Å². The molecule has 1 heterocycles. The Morgan fingerprint density at radius 2 is 0.658 bits per heavy atom. The highest BCUT2D eigenvalue weighted by atomic mass is 15.2. The topological polar surface area (TPSA) is 6.48 Å². The van der Waals surface area contributed by atoms with E-state index in [4.69, 9.17) is 0 Å².